The molecule has 1 atom stereocenters. The Morgan fingerprint density at radius 2 is 2.44 bits per heavy atom. The number of pyridine rings is 1. The van der Waals surface area contributed by atoms with Crippen molar-refractivity contribution < 1.29 is 4.79 Å². The molecule has 2 heterocycles. The van der Waals surface area contributed by atoms with Crippen LogP contribution in [-0.2, 0) is 11.2 Å². The number of halogens is 1. The lowest BCUT2D eigenvalue weighted by atomic mass is 10.2. The van der Waals surface area contributed by atoms with Gasteiger partial charge in [-0.3, -0.25) is 9.78 Å². The zero-order valence-corrected chi connectivity index (χ0v) is 10.9. The number of hydrogen-bond acceptors (Lipinski definition) is 2. The first-order chi connectivity index (χ1) is 7.66. The molecule has 1 aliphatic rings. The average molecular weight is 283 g/mol. The molecular weight excluding hydrogens is 268 g/mol. The summed E-state index contributed by atoms with van der Waals surface area (Å²) in [6.07, 6.45) is 4.40. The Kier molecular flexibility index (Phi) is 3.59. The smallest absolute Gasteiger partial charge is 0.228 e. The normalized spacial score (nSPS) is 20.1. The zero-order valence-electron chi connectivity index (χ0n) is 9.32. The van der Waals surface area contributed by atoms with Crippen LogP contribution in [-0.4, -0.2) is 28.4 Å². The van der Waals surface area contributed by atoms with Crippen LogP contribution in [0.5, 0.6) is 0 Å². The van der Waals surface area contributed by atoms with Crippen LogP contribution < -0.4 is 0 Å². The maximum Gasteiger partial charge on any atom is 0.228 e. The third-order valence-electron chi connectivity index (χ3n) is 2.99. The molecule has 2 rings (SSSR count). The number of rotatable bonds is 2. The second-order valence-electron chi connectivity index (χ2n) is 4.22. The van der Waals surface area contributed by atoms with E-state index in [4.69, 9.17) is 0 Å². The average Bonchev–Trinajstić information content (AvgIpc) is 2.68. The first-order valence-corrected chi connectivity index (χ1v) is 6.36. The number of carbonyl (C=O) groups excluding carboxylic acids is 1. The maximum absolute atomic E-state index is 12.0. The van der Waals surface area contributed by atoms with Gasteiger partial charge in [0.15, 0.2) is 0 Å². The summed E-state index contributed by atoms with van der Waals surface area (Å²) in [5.74, 6) is 0.194. The monoisotopic (exact) mass is 282 g/mol. The molecule has 0 spiro atoms. The molecule has 0 bridgehead atoms. The number of carbonyl (C=O) groups is 1. The van der Waals surface area contributed by atoms with Crippen molar-refractivity contribution in [3.63, 3.8) is 0 Å². The molecule has 1 amide bonds. The van der Waals surface area contributed by atoms with Gasteiger partial charge in [-0.25, -0.2) is 0 Å². The Morgan fingerprint density at radius 3 is 3.00 bits per heavy atom. The van der Waals surface area contributed by atoms with Crippen LogP contribution in [0.2, 0.25) is 0 Å². The van der Waals surface area contributed by atoms with Gasteiger partial charge in [0.05, 0.1) is 6.42 Å². The highest BCUT2D eigenvalue weighted by Gasteiger charge is 2.24. The van der Waals surface area contributed by atoms with Gasteiger partial charge in [0.2, 0.25) is 5.91 Å². The first-order valence-electron chi connectivity index (χ1n) is 5.57. The molecule has 0 radical (unpaired) electrons. The van der Waals surface area contributed by atoms with E-state index in [-0.39, 0.29) is 5.91 Å². The second kappa shape index (κ2) is 4.95. The molecular formula is C12H15BrN2O. The molecule has 1 saturated heterocycles. The van der Waals surface area contributed by atoms with E-state index in [0.717, 1.165) is 29.6 Å². The molecule has 1 aliphatic heterocycles. The lowest BCUT2D eigenvalue weighted by molar-refractivity contribution is -0.131. The third-order valence-corrected chi connectivity index (χ3v) is 3.46. The second-order valence-corrected chi connectivity index (χ2v) is 5.14. The van der Waals surface area contributed by atoms with Crippen molar-refractivity contribution in [1.29, 1.82) is 0 Å². The number of hydrogen-bond donors (Lipinski definition) is 0. The van der Waals surface area contributed by atoms with Crippen molar-refractivity contribution in [1.82, 2.24) is 9.88 Å². The van der Waals surface area contributed by atoms with E-state index < -0.39 is 0 Å². The highest BCUT2D eigenvalue weighted by molar-refractivity contribution is 9.10. The highest BCUT2D eigenvalue weighted by atomic mass is 79.9. The van der Waals surface area contributed by atoms with Crippen LogP contribution in [0.4, 0.5) is 0 Å². The maximum atomic E-state index is 12.0. The molecule has 0 aromatic carbocycles. The lowest BCUT2D eigenvalue weighted by Gasteiger charge is -2.21. The molecule has 0 saturated carbocycles. The Bertz CT molecular complexity index is 377. The summed E-state index contributed by atoms with van der Waals surface area (Å²) in [5.41, 5.74) is 0.840. The van der Waals surface area contributed by atoms with E-state index in [1.165, 1.54) is 0 Å². The van der Waals surface area contributed by atoms with Gasteiger partial charge in [0.1, 0.15) is 0 Å². The molecule has 1 aromatic rings. The molecule has 86 valence electrons. The van der Waals surface area contributed by atoms with Gasteiger partial charge in [-0.05, 0) is 47.8 Å². The number of nitrogens with zero attached hydrogens (tertiary/aromatic N) is 2. The van der Waals surface area contributed by atoms with Crippen molar-refractivity contribution in [2.45, 2.75) is 32.2 Å². The first kappa shape index (κ1) is 11.6. The van der Waals surface area contributed by atoms with Gasteiger partial charge in [0, 0.05) is 29.0 Å². The van der Waals surface area contributed by atoms with Gasteiger partial charge in [0.25, 0.3) is 0 Å². The van der Waals surface area contributed by atoms with Crippen molar-refractivity contribution in [2.75, 3.05) is 6.54 Å². The fourth-order valence-corrected chi connectivity index (χ4v) is 2.31. The van der Waals surface area contributed by atoms with Crippen molar-refractivity contribution >= 4 is 21.8 Å². The quantitative estimate of drug-likeness (QED) is 0.835. The summed E-state index contributed by atoms with van der Waals surface area (Å²) in [6, 6.07) is 4.20. The van der Waals surface area contributed by atoms with Crippen LogP contribution in [0.3, 0.4) is 0 Å². The van der Waals surface area contributed by atoms with Crippen molar-refractivity contribution in [3.05, 3.63) is 28.5 Å². The summed E-state index contributed by atoms with van der Waals surface area (Å²) < 4.78 is 0.943. The lowest BCUT2D eigenvalue weighted by Crippen LogP contribution is -2.34. The molecule has 0 aliphatic carbocycles. The molecule has 16 heavy (non-hydrogen) atoms. The summed E-state index contributed by atoms with van der Waals surface area (Å²) >= 11 is 3.33. The summed E-state index contributed by atoms with van der Waals surface area (Å²) in [5, 5.41) is 0. The molecule has 4 heteroatoms. The molecule has 1 fully saturated rings. The zero-order chi connectivity index (χ0) is 11.5. The minimum absolute atomic E-state index is 0.194. The number of aromatic nitrogens is 1. The Labute approximate surface area is 104 Å². The largest absolute Gasteiger partial charge is 0.340 e. The van der Waals surface area contributed by atoms with E-state index in [1.807, 2.05) is 17.0 Å². The van der Waals surface area contributed by atoms with Gasteiger partial charge in [-0.2, -0.15) is 0 Å². The van der Waals surface area contributed by atoms with Gasteiger partial charge < -0.3 is 4.90 Å². The standard InChI is InChI=1S/C12H15BrN2O/c1-9-3-2-6-15(9)12(16)7-11-5-4-10(13)8-14-11/h4-5,8-9H,2-3,6-7H2,1H3/t9-/m0/s1. The predicted octanol–water partition coefficient (Wildman–Crippen LogP) is 2.40. The molecule has 0 N–H and O–H groups in total. The fraction of sp³-hybridized carbons (Fsp3) is 0.500. The van der Waals surface area contributed by atoms with Gasteiger partial charge >= 0.3 is 0 Å². The van der Waals surface area contributed by atoms with Crippen LogP contribution in [0, 0.1) is 0 Å². The summed E-state index contributed by atoms with van der Waals surface area (Å²) in [4.78, 5) is 18.2. The Morgan fingerprint density at radius 1 is 1.62 bits per heavy atom. The Hall–Kier alpha value is -0.900. The molecule has 3 nitrogen and oxygen atoms in total. The highest BCUT2D eigenvalue weighted by Crippen LogP contribution is 2.17. The van der Waals surface area contributed by atoms with Crippen LogP contribution in [0.15, 0.2) is 22.8 Å². The van der Waals surface area contributed by atoms with Gasteiger partial charge in [-0.15, -0.1) is 0 Å². The van der Waals surface area contributed by atoms with Crippen molar-refractivity contribution in [3.8, 4) is 0 Å². The van der Waals surface area contributed by atoms with Crippen LogP contribution in [0.1, 0.15) is 25.5 Å². The van der Waals surface area contributed by atoms with E-state index in [0.29, 0.717) is 12.5 Å². The Balaban J connectivity index is 1.99. The molecule has 1 aromatic heterocycles. The minimum atomic E-state index is 0.194. The van der Waals surface area contributed by atoms with Crippen LogP contribution in [0.25, 0.3) is 0 Å². The van der Waals surface area contributed by atoms with Crippen molar-refractivity contribution in [2.24, 2.45) is 0 Å². The fourth-order valence-electron chi connectivity index (χ4n) is 2.07. The van der Waals surface area contributed by atoms with E-state index in [1.54, 1.807) is 6.20 Å². The van der Waals surface area contributed by atoms with E-state index in [9.17, 15) is 4.79 Å². The summed E-state index contributed by atoms with van der Waals surface area (Å²) in [7, 11) is 0. The summed E-state index contributed by atoms with van der Waals surface area (Å²) in [6.45, 7) is 3.01. The minimum Gasteiger partial charge on any atom is -0.340 e. The third kappa shape index (κ3) is 2.61. The van der Waals surface area contributed by atoms with Gasteiger partial charge in [-0.1, -0.05) is 0 Å². The van der Waals surface area contributed by atoms with E-state index in [2.05, 4.69) is 27.8 Å². The van der Waals surface area contributed by atoms with Crippen LogP contribution >= 0.6 is 15.9 Å². The molecule has 0 unspecified atom stereocenters. The topological polar surface area (TPSA) is 33.2 Å². The number of amides is 1. The number of likely N-dealkylation sites (tertiary alicyclic amines) is 1. The predicted molar refractivity (Wildman–Crippen MR) is 66.1 cm³/mol. The SMILES string of the molecule is C[C@H]1CCCN1C(=O)Cc1ccc(Br)cn1. The van der Waals surface area contributed by atoms with E-state index >= 15 is 0 Å².